The van der Waals surface area contributed by atoms with Crippen molar-refractivity contribution in [3.05, 3.63) is 82.8 Å². The van der Waals surface area contributed by atoms with Crippen LogP contribution in [0, 0.1) is 11.3 Å². The number of anilines is 1. The number of ether oxygens (including phenoxy) is 3. The third kappa shape index (κ3) is 3.81. The van der Waals surface area contributed by atoms with Crippen LogP contribution in [0.2, 0.25) is 0 Å². The van der Waals surface area contributed by atoms with Crippen molar-refractivity contribution >= 4 is 17.6 Å². The molecule has 0 aromatic heterocycles. The molecule has 1 aliphatic rings. The van der Waals surface area contributed by atoms with E-state index in [1.54, 1.807) is 54.6 Å². The monoisotopic (exact) mass is 419 g/mol. The number of methoxy groups -OCH3 is 3. The van der Waals surface area contributed by atoms with E-state index in [2.05, 4.69) is 6.07 Å². The minimum absolute atomic E-state index is 0.0163. The number of nitrogens with zero attached hydrogens (tertiary/aromatic N) is 2. The van der Waals surface area contributed by atoms with Gasteiger partial charge < -0.3 is 19.9 Å². The van der Waals surface area contributed by atoms with Crippen molar-refractivity contribution in [1.82, 2.24) is 0 Å². The summed E-state index contributed by atoms with van der Waals surface area (Å²) in [6.07, 6.45) is 0. The lowest BCUT2D eigenvalue weighted by Crippen LogP contribution is -2.40. The van der Waals surface area contributed by atoms with Crippen LogP contribution in [0.1, 0.15) is 11.5 Å². The molecule has 0 unspecified atom stereocenters. The minimum atomic E-state index is -0.933. The Kier molecular flexibility index (Phi) is 6.26. The largest absolute Gasteiger partial charge is 0.497 e. The lowest BCUT2D eigenvalue weighted by molar-refractivity contribution is -0.139. The van der Waals surface area contributed by atoms with Crippen LogP contribution >= 0.6 is 0 Å². The molecule has 0 amide bonds. The Hall–Kier alpha value is -4.25. The van der Waals surface area contributed by atoms with E-state index < -0.39 is 17.9 Å². The van der Waals surface area contributed by atoms with Crippen LogP contribution in [0.5, 0.6) is 5.75 Å². The van der Waals surface area contributed by atoms with Gasteiger partial charge in [-0.15, -0.1) is 0 Å². The SMILES string of the molecule is COC(=O)C1=C(C(=O)OC)N(c2ccccc2)C(N)=C(C#N)[C@@H]1c1ccc(OC)cc1. The molecule has 1 aliphatic heterocycles. The zero-order valence-electron chi connectivity index (χ0n) is 17.3. The number of nitriles is 1. The smallest absolute Gasteiger partial charge is 0.355 e. The number of hydrogen-bond acceptors (Lipinski definition) is 8. The van der Waals surface area contributed by atoms with Crippen molar-refractivity contribution in [3.63, 3.8) is 0 Å². The summed E-state index contributed by atoms with van der Waals surface area (Å²) >= 11 is 0. The highest BCUT2D eigenvalue weighted by Crippen LogP contribution is 2.43. The summed E-state index contributed by atoms with van der Waals surface area (Å²) in [5.74, 6) is -1.89. The second-order valence-corrected chi connectivity index (χ2v) is 6.53. The first-order valence-electron chi connectivity index (χ1n) is 9.28. The van der Waals surface area contributed by atoms with Crippen molar-refractivity contribution < 1.29 is 23.8 Å². The number of benzene rings is 2. The summed E-state index contributed by atoms with van der Waals surface area (Å²) in [7, 11) is 3.94. The Morgan fingerprint density at radius 3 is 2.10 bits per heavy atom. The van der Waals surface area contributed by atoms with E-state index in [1.807, 2.05) is 0 Å². The molecule has 0 bridgehead atoms. The molecule has 0 radical (unpaired) electrons. The Balaban J connectivity index is 2.37. The van der Waals surface area contributed by atoms with E-state index in [0.717, 1.165) is 0 Å². The second-order valence-electron chi connectivity index (χ2n) is 6.53. The van der Waals surface area contributed by atoms with E-state index in [1.165, 1.54) is 26.2 Å². The number of para-hydroxylation sites is 1. The maximum atomic E-state index is 12.9. The third-order valence-electron chi connectivity index (χ3n) is 4.94. The predicted molar refractivity (Wildman–Crippen MR) is 113 cm³/mol. The van der Waals surface area contributed by atoms with Crippen molar-refractivity contribution in [1.29, 1.82) is 5.26 Å². The molecule has 0 fully saturated rings. The van der Waals surface area contributed by atoms with E-state index in [4.69, 9.17) is 19.9 Å². The molecule has 0 spiro atoms. The molecule has 1 atom stereocenters. The van der Waals surface area contributed by atoms with Gasteiger partial charge in [-0.25, -0.2) is 9.59 Å². The molecule has 2 aromatic rings. The zero-order valence-corrected chi connectivity index (χ0v) is 17.3. The van der Waals surface area contributed by atoms with E-state index >= 15 is 0 Å². The highest BCUT2D eigenvalue weighted by Gasteiger charge is 2.42. The third-order valence-corrected chi connectivity index (χ3v) is 4.94. The van der Waals surface area contributed by atoms with Gasteiger partial charge in [0.15, 0.2) is 0 Å². The molecule has 158 valence electrons. The van der Waals surface area contributed by atoms with Gasteiger partial charge in [0.25, 0.3) is 0 Å². The molecule has 0 saturated heterocycles. The summed E-state index contributed by atoms with van der Waals surface area (Å²) in [6.45, 7) is 0. The van der Waals surface area contributed by atoms with Crippen LogP contribution in [-0.2, 0) is 19.1 Å². The molecule has 0 aliphatic carbocycles. The maximum Gasteiger partial charge on any atom is 0.355 e. The Morgan fingerprint density at radius 1 is 0.968 bits per heavy atom. The van der Waals surface area contributed by atoms with Gasteiger partial charge >= 0.3 is 11.9 Å². The summed E-state index contributed by atoms with van der Waals surface area (Å²) < 4.78 is 15.2. The van der Waals surface area contributed by atoms with Gasteiger partial charge in [0.2, 0.25) is 0 Å². The quantitative estimate of drug-likeness (QED) is 0.736. The summed E-state index contributed by atoms with van der Waals surface area (Å²) in [5, 5.41) is 9.98. The Bertz CT molecular complexity index is 1100. The lowest BCUT2D eigenvalue weighted by atomic mass is 9.81. The van der Waals surface area contributed by atoms with Crippen LogP contribution < -0.4 is 15.4 Å². The van der Waals surface area contributed by atoms with Gasteiger partial charge in [-0.3, -0.25) is 4.90 Å². The van der Waals surface area contributed by atoms with Crippen molar-refractivity contribution in [2.75, 3.05) is 26.2 Å². The van der Waals surface area contributed by atoms with E-state index in [9.17, 15) is 14.9 Å². The van der Waals surface area contributed by atoms with Gasteiger partial charge in [-0.2, -0.15) is 5.26 Å². The van der Waals surface area contributed by atoms with Gasteiger partial charge in [-0.05, 0) is 29.8 Å². The summed E-state index contributed by atoms with van der Waals surface area (Å²) in [5.41, 5.74) is 7.39. The number of hydrogen-bond donors (Lipinski definition) is 1. The molecule has 31 heavy (non-hydrogen) atoms. The van der Waals surface area contributed by atoms with Gasteiger partial charge in [-0.1, -0.05) is 30.3 Å². The molecular weight excluding hydrogens is 398 g/mol. The Labute approximate surface area is 179 Å². The molecule has 1 heterocycles. The van der Waals surface area contributed by atoms with Crippen LogP contribution in [0.15, 0.2) is 77.3 Å². The van der Waals surface area contributed by atoms with Gasteiger partial charge in [0.1, 0.15) is 17.3 Å². The average molecular weight is 419 g/mol. The van der Waals surface area contributed by atoms with Gasteiger partial charge in [0, 0.05) is 5.69 Å². The highest BCUT2D eigenvalue weighted by molar-refractivity contribution is 6.06. The summed E-state index contributed by atoms with van der Waals surface area (Å²) in [4.78, 5) is 27.2. The normalized spacial score (nSPS) is 15.9. The van der Waals surface area contributed by atoms with E-state index in [-0.39, 0.29) is 22.7 Å². The lowest BCUT2D eigenvalue weighted by Gasteiger charge is -2.35. The van der Waals surface area contributed by atoms with Crippen LogP contribution in [0.4, 0.5) is 5.69 Å². The van der Waals surface area contributed by atoms with Crippen molar-refractivity contribution in [2.45, 2.75) is 5.92 Å². The van der Waals surface area contributed by atoms with E-state index in [0.29, 0.717) is 17.0 Å². The second kappa shape index (κ2) is 9.05. The zero-order chi connectivity index (χ0) is 22.5. The first kappa shape index (κ1) is 21.5. The van der Waals surface area contributed by atoms with Crippen molar-refractivity contribution in [3.8, 4) is 11.8 Å². The molecule has 3 rings (SSSR count). The number of carbonyl (C=O) groups excluding carboxylic acids is 2. The molecule has 2 N–H and O–H groups in total. The van der Waals surface area contributed by atoms with Crippen molar-refractivity contribution in [2.24, 2.45) is 5.73 Å². The standard InChI is InChI=1S/C23H21N3O5/c1-29-16-11-9-14(10-12-16)18-17(13-24)21(25)26(15-7-5-4-6-8-15)20(23(28)31-3)19(18)22(27)30-2/h4-12,18H,25H2,1-3H3/t18-/m0/s1. The first-order valence-corrected chi connectivity index (χ1v) is 9.28. The fraction of sp³-hybridized carbons (Fsp3) is 0.174. The fourth-order valence-corrected chi connectivity index (χ4v) is 3.51. The molecule has 8 nitrogen and oxygen atoms in total. The topological polar surface area (TPSA) is 115 Å². The minimum Gasteiger partial charge on any atom is -0.497 e. The molecule has 2 aromatic carbocycles. The number of carbonyl (C=O) groups is 2. The first-order chi connectivity index (χ1) is 15.0. The fourth-order valence-electron chi connectivity index (χ4n) is 3.51. The highest BCUT2D eigenvalue weighted by atomic mass is 16.5. The van der Waals surface area contributed by atoms with Gasteiger partial charge in [0.05, 0.1) is 44.5 Å². The van der Waals surface area contributed by atoms with Crippen LogP contribution in [-0.4, -0.2) is 33.3 Å². The number of allylic oxidation sites excluding steroid dienone is 1. The molecule has 8 heteroatoms. The number of rotatable bonds is 5. The number of nitrogens with two attached hydrogens (primary N) is 1. The molecule has 0 saturated carbocycles. The maximum absolute atomic E-state index is 12.9. The number of esters is 2. The Morgan fingerprint density at radius 2 is 1.58 bits per heavy atom. The molecular formula is C23H21N3O5. The van der Waals surface area contributed by atoms with Crippen LogP contribution in [0.3, 0.4) is 0 Å². The van der Waals surface area contributed by atoms with Crippen LogP contribution in [0.25, 0.3) is 0 Å². The average Bonchev–Trinajstić information content (AvgIpc) is 2.82. The summed E-state index contributed by atoms with van der Waals surface area (Å²) in [6, 6.07) is 17.6. The predicted octanol–water partition coefficient (Wildman–Crippen LogP) is 2.59.